The SMILES string of the molecule is COc1cc(/C=N/NC(N)=S)cc(Cl)c1OC(=O)c1ccccc1. The van der Waals surface area contributed by atoms with E-state index in [1.807, 2.05) is 0 Å². The molecule has 0 aliphatic rings. The maximum absolute atomic E-state index is 12.2. The van der Waals surface area contributed by atoms with Crippen molar-refractivity contribution in [3.8, 4) is 11.5 Å². The van der Waals surface area contributed by atoms with Gasteiger partial charge in [-0.2, -0.15) is 5.10 Å². The number of nitrogens with zero attached hydrogens (tertiary/aromatic N) is 1. The van der Waals surface area contributed by atoms with Crippen LogP contribution in [0.2, 0.25) is 5.02 Å². The van der Waals surface area contributed by atoms with Crippen LogP contribution in [0.15, 0.2) is 47.6 Å². The summed E-state index contributed by atoms with van der Waals surface area (Å²) in [5.74, 6) is -0.108. The minimum atomic E-state index is -0.535. The van der Waals surface area contributed by atoms with Gasteiger partial charge in [-0.1, -0.05) is 29.8 Å². The molecule has 0 amide bonds. The van der Waals surface area contributed by atoms with Crippen molar-refractivity contribution in [2.24, 2.45) is 10.8 Å². The van der Waals surface area contributed by atoms with E-state index in [1.165, 1.54) is 13.3 Å². The fourth-order valence-electron chi connectivity index (χ4n) is 1.81. The molecule has 8 heteroatoms. The van der Waals surface area contributed by atoms with Gasteiger partial charge in [-0.15, -0.1) is 0 Å². The van der Waals surface area contributed by atoms with E-state index in [4.69, 9.17) is 26.8 Å². The van der Waals surface area contributed by atoms with E-state index >= 15 is 0 Å². The predicted molar refractivity (Wildman–Crippen MR) is 96.9 cm³/mol. The minimum Gasteiger partial charge on any atom is -0.493 e. The van der Waals surface area contributed by atoms with Crippen LogP contribution in [0, 0.1) is 0 Å². The van der Waals surface area contributed by atoms with Gasteiger partial charge >= 0.3 is 5.97 Å². The fraction of sp³-hybridized carbons (Fsp3) is 0.0625. The third-order valence-electron chi connectivity index (χ3n) is 2.84. The van der Waals surface area contributed by atoms with Crippen molar-refractivity contribution in [1.29, 1.82) is 0 Å². The number of hydrogen-bond donors (Lipinski definition) is 2. The number of hydrogen-bond acceptors (Lipinski definition) is 5. The molecular weight excluding hydrogens is 350 g/mol. The van der Waals surface area contributed by atoms with Gasteiger partial charge in [0.15, 0.2) is 16.6 Å². The Kier molecular flexibility index (Phi) is 6.11. The number of esters is 1. The lowest BCUT2D eigenvalue weighted by atomic mass is 10.2. The Hall–Kier alpha value is -2.64. The molecule has 0 saturated heterocycles. The Morgan fingerprint density at radius 2 is 2.04 bits per heavy atom. The highest BCUT2D eigenvalue weighted by Gasteiger charge is 2.16. The van der Waals surface area contributed by atoms with E-state index in [9.17, 15) is 4.79 Å². The summed E-state index contributed by atoms with van der Waals surface area (Å²) >= 11 is 10.8. The summed E-state index contributed by atoms with van der Waals surface area (Å²) in [5.41, 5.74) is 8.72. The number of benzene rings is 2. The molecule has 0 heterocycles. The molecule has 0 fully saturated rings. The molecule has 0 unspecified atom stereocenters. The number of rotatable bonds is 5. The Bertz CT molecular complexity index is 782. The molecule has 2 aromatic rings. The van der Waals surface area contributed by atoms with Crippen molar-refractivity contribution in [3.63, 3.8) is 0 Å². The molecule has 0 radical (unpaired) electrons. The molecule has 3 N–H and O–H groups in total. The van der Waals surface area contributed by atoms with Gasteiger partial charge in [0.05, 0.1) is 23.9 Å². The minimum absolute atomic E-state index is 0.0396. The zero-order chi connectivity index (χ0) is 17.5. The van der Waals surface area contributed by atoms with Gasteiger partial charge in [0.25, 0.3) is 0 Å². The number of nitrogens with two attached hydrogens (primary N) is 1. The van der Waals surface area contributed by atoms with Crippen LogP contribution in [0.3, 0.4) is 0 Å². The van der Waals surface area contributed by atoms with Gasteiger partial charge in [-0.3, -0.25) is 5.43 Å². The van der Waals surface area contributed by atoms with Crippen LogP contribution < -0.4 is 20.6 Å². The summed E-state index contributed by atoms with van der Waals surface area (Å²) in [6.45, 7) is 0. The van der Waals surface area contributed by atoms with E-state index in [0.29, 0.717) is 16.9 Å². The van der Waals surface area contributed by atoms with Gasteiger partial charge in [-0.25, -0.2) is 4.79 Å². The van der Waals surface area contributed by atoms with E-state index in [1.54, 1.807) is 42.5 Å². The molecule has 0 spiro atoms. The molecule has 0 aromatic heterocycles. The molecule has 2 aromatic carbocycles. The number of ether oxygens (including phenoxy) is 2. The maximum atomic E-state index is 12.2. The maximum Gasteiger partial charge on any atom is 0.343 e. The zero-order valence-electron chi connectivity index (χ0n) is 12.7. The summed E-state index contributed by atoms with van der Waals surface area (Å²) in [6.07, 6.45) is 1.45. The number of nitrogens with one attached hydrogen (secondary N) is 1. The second-order valence-corrected chi connectivity index (χ2v) is 5.37. The Morgan fingerprint density at radius 1 is 1.33 bits per heavy atom. The zero-order valence-corrected chi connectivity index (χ0v) is 14.2. The van der Waals surface area contributed by atoms with Crippen molar-refractivity contribution in [2.45, 2.75) is 0 Å². The molecule has 0 atom stereocenters. The first-order valence-corrected chi connectivity index (χ1v) is 7.53. The van der Waals surface area contributed by atoms with Crippen LogP contribution in [0.1, 0.15) is 15.9 Å². The standard InChI is InChI=1S/C16H14ClN3O3S/c1-22-13-8-10(9-19-20-16(18)24)7-12(17)14(13)23-15(21)11-5-3-2-4-6-11/h2-9H,1H3,(H3,18,20,24)/b19-9+. The molecule has 0 aliphatic carbocycles. The normalized spacial score (nSPS) is 10.4. The van der Waals surface area contributed by atoms with Gasteiger partial charge in [0, 0.05) is 0 Å². The quantitative estimate of drug-likeness (QED) is 0.279. The number of halogens is 1. The number of methoxy groups -OCH3 is 1. The Balaban J connectivity index is 2.25. The molecule has 0 saturated carbocycles. The molecule has 0 aliphatic heterocycles. The summed E-state index contributed by atoms with van der Waals surface area (Å²) in [4.78, 5) is 12.2. The predicted octanol–water partition coefficient (Wildman–Crippen LogP) is 2.73. The van der Waals surface area contributed by atoms with Crippen molar-refractivity contribution < 1.29 is 14.3 Å². The summed E-state index contributed by atoms with van der Waals surface area (Å²) in [7, 11) is 1.44. The molecule has 2 rings (SSSR count). The van der Waals surface area contributed by atoms with Crippen LogP contribution in [-0.2, 0) is 0 Å². The van der Waals surface area contributed by atoms with Gasteiger partial charge < -0.3 is 15.2 Å². The first-order chi connectivity index (χ1) is 11.5. The summed E-state index contributed by atoms with van der Waals surface area (Å²) < 4.78 is 10.6. The highest BCUT2D eigenvalue weighted by atomic mass is 35.5. The van der Waals surface area contributed by atoms with Crippen molar-refractivity contribution >= 4 is 41.1 Å². The van der Waals surface area contributed by atoms with E-state index < -0.39 is 5.97 Å². The van der Waals surface area contributed by atoms with Crippen molar-refractivity contribution in [2.75, 3.05) is 7.11 Å². The highest BCUT2D eigenvalue weighted by molar-refractivity contribution is 7.80. The molecule has 0 bridgehead atoms. The summed E-state index contributed by atoms with van der Waals surface area (Å²) in [5, 5.41) is 4.08. The lowest BCUT2D eigenvalue weighted by molar-refractivity contribution is 0.0730. The van der Waals surface area contributed by atoms with Crippen LogP contribution in [-0.4, -0.2) is 24.4 Å². The van der Waals surface area contributed by atoms with E-state index in [0.717, 1.165) is 0 Å². The summed E-state index contributed by atoms with van der Waals surface area (Å²) in [6, 6.07) is 11.8. The molecule has 6 nitrogen and oxygen atoms in total. The lowest BCUT2D eigenvalue weighted by Crippen LogP contribution is -2.24. The lowest BCUT2D eigenvalue weighted by Gasteiger charge is -2.12. The highest BCUT2D eigenvalue weighted by Crippen LogP contribution is 2.36. The van der Waals surface area contributed by atoms with Gasteiger partial charge in [0.1, 0.15) is 0 Å². The Labute approximate surface area is 149 Å². The van der Waals surface area contributed by atoms with Crippen LogP contribution in [0.5, 0.6) is 11.5 Å². The van der Waals surface area contributed by atoms with Crippen LogP contribution in [0.25, 0.3) is 0 Å². The number of carbonyl (C=O) groups excluding carboxylic acids is 1. The average Bonchev–Trinajstić information content (AvgIpc) is 2.57. The topological polar surface area (TPSA) is 85.9 Å². The van der Waals surface area contributed by atoms with Crippen LogP contribution >= 0.6 is 23.8 Å². The third-order valence-corrected chi connectivity index (χ3v) is 3.22. The first kappa shape index (κ1) is 17.7. The number of hydrazone groups is 1. The largest absolute Gasteiger partial charge is 0.493 e. The average molecular weight is 364 g/mol. The molecule has 124 valence electrons. The van der Waals surface area contributed by atoms with Gasteiger partial charge in [0.2, 0.25) is 0 Å². The van der Waals surface area contributed by atoms with E-state index in [-0.39, 0.29) is 15.9 Å². The molecular formula is C16H14ClN3O3S. The monoisotopic (exact) mass is 363 g/mol. The van der Waals surface area contributed by atoms with Crippen molar-refractivity contribution in [1.82, 2.24) is 5.43 Å². The number of carbonyl (C=O) groups is 1. The number of thiocarbonyl (C=S) groups is 1. The smallest absolute Gasteiger partial charge is 0.343 e. The second-order valence-electron chi connectivity index (χ2n) is 4.52. The fourth-order valence-corrected chi connectivity index (χ4v) is 2.12. The Morgan fingerprint density at radius 3 is 2.67 bits per heavy atom. The van der Waals surface area contributed by atoms with Crippen LogP contribution in [0.4, 0.5) is 0 Å². The van der Waals surface area contributed by atoms with Crippen molar-refractivity contribution in [3.05, 3.63) is 58.6 Å². The van der Waals surface area contributed by atoms with Gasteiger partial charge in [-0.05, 0) is 42.0 Å². The first-order valence-electron chi connectivity index (χ1n) is 6.74. The second kappa shape index (κ2) is 8.28. The third kappa shape index (κ3) is 4.68. The molecule has 24 heavy (non-hydrogen) atoms. The van der Waals surface area contributed by atoms with E-state index in [2.05, 4.69) is 22.7 Å².